The molecule has 0 unspecified atom stereocenters. The summed E-state index contributed by atoms with van der Waals surface area (Å²) in [5, 5.41) is 0. The zero-order chi connectivity index (χ0) is 45.8. The number of benzene rings is 6. The second-order valence-corrected chi connectivity index (χ2v) is 22.8. The molecule has 2 aliphatic carbocycles. The summed E-state index contributed by atoms with van der Waals surface area (Å²) in [6, 6.07) is 38.5. The van der Waals surface area contributed by atoms with Gasteiger partial charge in [0.2, 0.25) is 0 Å². The molecule has 61 heavy (non-hydrogen) atoms. The quantitative estimate of drug-likeness (QED) is 0.164. The van der Waals surface area contributed by atoms with Crippen LogP contribution in [0.5, 0.6) is 0 Å². The van der Waals surface area contributed by atoms with Crippen LogP contribution in [0.4, 0.5) is 34.1 Å². The Morgan fingerprint density at radius 1 is 0.508 bits per heavy atom. The first-order valence-electron chi connectivity index (χ1n) is 24.2. The average Bonchev–Trinajstić information content (AvgIpc) is 3.39. The lowest BCUT2D eigenvalue weighted by molar-refractivity contribution is 0.332. The van der Waals surface area contributed by atoms with Crippen molar-refractivity contribution in [2.24, 2.45) is 0 Å². The summed E-state index contributed by atoms with van der Waals surface area (Å²) in [6.45, 7) is 28.2. The molecule has 0 saturated carbocycles. The summed E-state index contributed by atoms with van der Waals surface area (Å²) in [4.78, 5) is 4.91. The second kappa shape index (κ2) is 13.0. The van der Waals surface area contributed by atoms with Crippen LogP contribution in [-0.2, 0) is 27.1 Å². The first kappa shape index (κ1) is 36.6. The fourth-order valence-corrected chi connectivity index (χ4v) is 12.1. The number of anilines is 6. The van der Waals surface area contributed by atoms with E-state index in [1.807, 2.05) is 12.1 Å². The molecule has 2 heterocycles. The van der Waals surface area contributed by atoms with E-state index in [4.69, 9.17) is 4.11 Å². The molecular weight excluding hydrogens is 735 g/mol. The van der Waals surface area contributed by atoms with Crippen LogP contribution in [0.1, 0.15) is 144 Å². The van der Waals surface area contributed by atoms with E-state index in [1.165, 1.54) is 44.3 Å². The van der Waals surface area contributed by atoms with Gasteiger partial charge in [-0.25, -0.2) is 0 Å². The van der Waals surface area contributed by atoms with Gasteiger partial charge in [0.1, 0.15) is 0 Å². The van der Waals surface area contributed by atoms with Crippen molar-refractivity contribution in [2.45, 2.75) is 143 Å². The minimum Gasteiger partial charge on any atom is -0.311 e. The predicted molar refractivity (Wildman–Crippen MR) is 265 cm³/mol. The van der Waals surface area contributed by atoms with Crippen LogP contribution < -0.4 is 26.2 Å². The monoisotopic (exact) mass is 804 g/mol. The number of fused-ring (bicyclic) bond motifs is 6. The van der Waals surface area contributed by atoms with Crippen LogP contribution in [-0.4, -0.2) is 6.71 Å². The SMILES string of the molecule is [2H]C([2H])([2H])c1cc2c3c(c1)N(c1cc4c(cc1C)C(C)(C)CC4(C)C)c1cc4c(cc1B3c1cc(C(C)(C)C)ccc1N2c1cc(-c2ccccc2)ccc1C)C(C)(C)CCC4(C)C. The van der Waals surface area contributed by atoms with Crippen molar-refractivity contribution in [3.63, 3.8) is 0 Å². The van der Waals surface area contributed by atoms with Crippen molar-refractivity contribution in [1.82, 2.24) is 0 Å². The molecule has 6 aromatic carbocycles. The predicted octanol–water partition coefficient (Wildman–Crippen LogP) is 14.0. The summed E-state index contributed by atoms with van der Waals surface area (Å²) in [5.41, 5.74) is 21.8. The lowest BCUT2D eigenvalue weighted by atomic mass is 9.33. The lowest BCUT2D eigenvalue weighted by Gasteiger charge is -2.48. The Morgan fingerprint density at radius 2 is 1.07 bits per heavy atom. The van der Waals surface area contributed by atoms with E-state index in [9.17, 15) is 0 Å². The van der Waals surface area contributed by atoms with E-state index in [0.717, 1.165) is 75.5 Å². The third-order valence-corrected chi connectivity index (χ3v) is 15.4. The Bertz CT molecular complexity index is 2930. The second-order valence-electron chi connectivity index (χ2n) is 22.8. The van der Waals surface area contributed by atoms with Gasteiger partial charge in [-0.15, -0.1) is 0 Å². The smallest absolute Gasteiger partial charge is 0.252 e. The highest BCUT2D eigenvalue weighted by Gasteiger charge is 2.48. The molecule has 4 aliphatic rings. The van der Waals surface area contributed by atoms with Crippen molar-refractivity contribution in [1.29, 1.82) is 0 Å². The van der Waals surface area contributed by atoms with Crippen LogP contribution in [0.3, 0.4) is 0 Å². The summed E-state index contributed by atoms with van der Waals surface area (Å²) in [5.74, 6) is 0. The molecule has 0 bridgehead atoms. The van der Waals surface area contributed by atoms with Crippen LogP contribution in [0, 0.1) is 20.7 Å². The Balaban J connectivity index is 1.37. The highest BCUT2D eigenvalue weighted by Crippen LogP contribution is 2.55. The third kappa shape index (κ3) is 6.03. The van der Waals surface area contributed by atoms with Gasteiger partial charge in [-0.05, 0) is 175 Å². The summed E-state index contributed by atoms with van der Waals surface area (Å²) >= 11 is 0. The van der Waals surface area contributed by atoms with Crippen LogP contribution >= 0.6 is 0 Å². The topological polar surface area (TPSA) is 6.48 Å². The van der Waals surface area contributed by atoms with Crippen LogP contribution in [0.25, 0.3) is 11.1 Å². The molecule has 10 rings (SSSR count). The van der Waals surface area contributed by atoms with Crippen molar-refractivity contribution < 1.29 is 4.11 Å². The zero-order valence-electron chi connectivity index (χ0n) is 41.9. The van der Waals surface area contributed by atoms with Gasteiger partial charge in [0.05, 0.1) is 0 Å². The van der Waals surface area contributed by atoms with E-state index < -0.39 is 6.85 Å². The van der Waals surface area contributed by atoms with Crippen LogP contribution in [0.2, 0.25) is 0 Å². The maximum Gasteiger partial charge on any atom is 0.252 e. The molecule has 0 amide bonds. The molecule has 0 spiro atoms. The molecular formula is C58H65BN2. The Kier molecular flexibility index (Phi) is 7.81. The van der Waals surface area contributed by atoms with E-state index in [2.05, 4.69) is 191 Å². The Hall–Kier alpha value is -5.02. The zero-order valence-corrected chi connectivity index (χ0v) is 38.9. The lowest BCUT2D eigenvalue weighted by Crippen LogP contribution is -2.62. The molecule has 3 heteroatoms. The number of aryl methyl sites for hydroxylation is 3. The fraction of sp³-hybridized carbons (Fsp3) is 0.379. The molecule has 0 fully saturated rings. The molecule has 2 nitrogen and oxygen atoms in total. The van der Waals surface area contributed by atoms with Gasteiger partial charge in [-0.1, -0.05) is 143 Å². The van der Waals surface area contributed by atoms with E-state index in [-0.39, 0.29) is 33.8 Å². The standard InChI is InChI=1S/C58H65BN2/c1-35-26-51-53-52(27-35)61(49-32-44-41(28-37(49)3)57(11,12)34-58(44,13)14)50-33-43-42(55(7,8)24-25-56(43,9)10)31-46(50)59(53)45-30-40(54(4,5)6)22-23-47(45)60(51)48-29-39(21-20-36(48)2)38-18-16-15-17-19-38/h15-23,26-33H,24-25,34H2,1-14H3/i1D3. The van der Waals surface area contributed by atoms with E-state index in [1.54, 1.807) is 0 Å². The Morgan fingerprint density at radius 3 is 1.70 bits per heavy atom. The van der Waals surface area contributed by atoms with Crippen LogP contribution in [0.15, 0.2) is 103 Å². The van der Waals surface area contributed by atoms with Gasteiger partial charge >= 0.3 is 0 Å². The molecule has 310 valence electrons. The van der Waals surface area contributed by atoms with Crippen molar-refractivity contribution in [3.05, 3.63) is 148 Å². The highest BCUT2D eigenvalue weighted by atomic mass is 15.2. The largest absolute Gasteiger partial charge is 0.311 e. The average molecular weight is 804 g/mol. The number of hydrogen-bond acceptors (Lipinski definition) is 2. The number of nitrogens with zero attached hydrogens (tertiary/aromatic N) is 2. The molecule has 0 radical (unpaired) electrons. The van der Waals surface area contributed by atoms with Gasteiger partial charge in [0.25, 0.3) is 6.71 Å². The van der Waals surface area contributed by atoms with E-state index >= 15 is 0 Å². The van der Waals surface area contributed by atoms with Gasteiger partial charge in [0, 0.05) is 38.2 Å². The molecule has 0 aromatic heterocycles. The van der Waals surface area contributed by atoms with Gasteiger partial charge in [-0.3, -0.25) is 0 Å². The van der Waals surface area contributed by atoms with E-state index in [0.29, 0.717) is 5.56 Å². The number of hydrogen-bond donors (Lipinski definition) is 0. The number of rotatable bonds is 3. The first-order chi connectivity index (χ1) is 29.8. The minimum atomic E-state index is -2.35. The summed E-state index contributed by atoms with van der Waals surface area (Å²) < 4.78 is 27.3. The molecule has 0 N–H and O–H groups in total. The highest BCUT2D eigenvalue weighted by molar-refractivity contribution is 7.00. The maximum atomic E-state index is 9.10. The molecule has 0 atom stereocenters. The third-order valence-electron chi connectivity index (χ3n) is 15.4. The van der Waals surface area contributed by atoms with Gasteiger partial charge in [0.15, 0.2) is 0 Å². The molecule has 0 saturated heterocycles. The molecule has 6 aromatic rings. The van der Waals surface area contributed by atoms with Crippen molar-refractivity contribution >= 4 is 57.2 Å². The van der Waals surface area contributed by atoms with Gasteiger partial charge < -0.3 is 9.80 Å². The normalized spacial score (nSPS) is 19.5. The van der Waals surface area contributed by atoms with Gasteiger partial charge in [-0.2, -0.15) is 0 Å². The Labute approximate surface area is 371 Å². The fourth-order valence-electron chi connectivity index (χ4n) is 12.1. The molecule has 2 aliphatic heterocycles. The minimum absolute atomic E-state index is 0.0101. The first-order valence-corrected chi connectivity index (χ1v) is 22.7. The van der Waals surface area contributed by atoms with Crippen molar-refractivity contribution in [3.8, 4) is 11.1 Å². The summed E-state index contributed by atoms with van der Waals surface area (Å²) in [6.07, 6.45) is 3.30. The maximum absolute atomic E-state index is 9.10. The van der Waals surface area contributed by atoms with Crippen molar-refractivity contribution in [2.75, 3.05) is 9.80 Å². The summed E-state index contributed by atoms with van der Waals surface area (Å²) in [7, 11) is 0.